The van der Waals surface area contributed by atoms with Crippen molar-refractivity contribution >= 4 is 17.6 Å². The normalized spacial score (nSPS) is 14.3. The molecule has 20 heavy (non-hydrogen) atoms. The monoisotopic (exact) mass is 268 g/mol. The van der Waals surface area contributed by atoms with Crippen LogP contribution < -0.4 is 15.0 Å². The molecule has 3 amide bonds. The Bertz CT molecular complexity index is 655. The molecule has 0 aromatic heterocycles. The second-order valence-electron chi connectivity index (χ2n) is 4.35. The average Bonchev–Trinajstić information content (AvgIpc) is 2.79. The van der Waals surface area contributed by atoms with Gasteiger partial charge in [-0.05, 0) is 24.3 Å². The zero-order valence-electron chi connectivity index (χ0n) is 10.6. The third-order valence-corrected chi connectivity index (χ3v) is 2.90. The zero-order chi connectivity index (χ0) is 13.9. The molecule has 1 heterocycles. The van der Waals surface area contributed by atoms with Gasteiger partial charge in [0.1, 0.15) is 18.0 Å². The molecule has 0 radical (unpaired) electrons. The second kappa shape index (κ2) is 5.05. The van der Waals surface area contributed by atoms with E-state index in [4.69, 9.17) is 4.74 Å². The van der Waals surface area contributed by atoms with Gasteiger partial charge >= 0.3 is 6.03 Å². The first-order valence-corrected chi connectivity index (χ1v) is 6.17. The Morgan fingerprint density at radius 3 is 2.40 bits per heavy atom. The van der Waals surface area contributed by atoms with Crippen LogP contribution in [0.15, 0.2) is 54.6 Å². The predicted octanol–water partition coefficient (Wildman–Crippen LogP) is 2.54. The van der Waals surface area contributed by atoms with E-state index >= 15 is 0 Å². The highest BCUT2D eigenvalue weighted by atomic mass is 16.5. The fourth-order valence-electron chi connectivity index (χ4n) is 1.99. The van der Waals surface area contributed by atoms with Gasteiger partial charge in [0.05, 0.1) is 0 Å². The summed E-state index contributed by atoms with van der Waals surface area (Å²) in [4.78, 5) is 24.2. The first kappa shape index (κ1) is 12.2. The molecule has 0 unspecified atom stereocenters. The summed E-state index contributed by atoms with van der Waals surface area (Å²) in [5.41, 5.74) is 0.627. The third kappa shape index (κ3) is 2.47. The fraction of sp³-hybridized carbons (Fsp3) is 0.0667. The number of imide groups is 1. The molecule has 1 N–H and O–H groups in total. The molecule has 5 heteroatoms. The largest absolute Gasteiger partial charge is 0.457 e. The smallest absolute Gasteiger partial charge is 0.329 e. The SMILES string of the molecule is O=C1CN(c2cccc(Oc3ccccc3)c2)C(=O)N1. The number of hydrogen-bond acceptors (Lipinski definition) is 3. The van der Waals surface area contributed by atoms with Gasteiger partial charge in [-0.2, -0.15) is 0 Å². The molecule has 5 nitrogen and oxygen atoms in total. The number of carbonyl (C=O) groups excluding carboxylic acids is 2. The van der Waals surface area contributed by atoms with Gasteiger partial charge in [0.25, 0.3) is 0 Å². The minimum atomic E-state index is -0.410. The van der Waals surface area contributed by atoms with Crippen molar-refractivity contribution in [2.24, 2.45) is 0 Å². The van der Waals surface area contributed by atoms with Crippen molar-refractivity contribution in [3.8, 4) is 11.5 Å². The van der Waals surface area contributed by atoms with E-state index in [1.54, 1.807) is 24.3 Å². The van der Waals surface area contributed by atoms with E-state index in [1.165, 1.54) is 4.90 Å². The maximum atomic E-state index is 11.6. The molecule has 1 saturated heterocycles. The number of anilines is 1. The highest BCUT2D eigenvalue weighted by Gasteiger charge is 2.27. The highest BCUT2D eigenvalue weighted by molar-refractivity contribution is 6.12. The van der Waals surface area contributed by atoms with E-state index in [-0.39, 0.29) is 12.5 Å². The maximum Gasteiger partial charge on any atom is 0.329 e. The summed E-state index contributed by atoms with van der Waals surface area (Å²) >= 11 is 0. The van der Waals surface area contributed by atoms with Gasteiger partial charge in [-0.15, -0.1) is 0 Å². The Hall–Kier alpha value is -2.82. The molecule has 100 valence electrons. The first-order chi connectivity index (χ1) is 9.72. The number of nitrogens with one attached hydrogen (secondary N) is 1. The molecule has 0 spiro atoms. The van der Waals surface area contributed by atoms with Crippen molar-refractivity contribution in [1.29, 1.82) is 0 Å². The standard InChI is InChI=1S/C15H12N2O3/c18-14-10-17(15(19)16-14)11-5-4-8-13(9-11)20-12-6-2-1-3-7-12/h1-9H,10H2,(H,16,18,19). The summed E-state index contributed by atoms with van der Waals surface area (Å²) in [5, 5.41) is 2.24. The minimum absolute atomic E-state index is 0.0353. The Kier molecular flexibility index (Phi) is 3.09. The van der Waals surface area contributed by atoms with Crippen molar-refractivity contribution in [2.75, 3.05) is 11.4 Å². The van der Waals surface area contributed by atoms with E-state index in [1.807, 2.05) is 30.3 Å². The van der Waals surface area contributed by atoms with Gasteiger partial charge < -0.3 is 4.74 Å². The second-order valence-corrected chi connectivity index (χ2v) is 4.35. The molecule has 0 saturated carbocycles. The summed E-state index contributed by atoms with van der Waals surface area (Å²) in [6.45, 7) is 0.0353. The van der Waals surface area contributed by atoms with E-state index in [9.17, 15) is 9.59 Å². The van der Waals surface area contributed by atoms with E-state index in [0.717, 1.165) is 0 Å². The lowest BCUT2D eigenvalue weighted by Crippen LogP contribution is -2.27. The summed E-state index contributed by atoms with van der Waals surface area (Å²) in [5.74, 6) is 1.02. The first-order valence-electron chi connectivity index (χ1n) is 6.17. The highest BCUT2D eigenvalue weighted by Crippen LogP contribution is 2.26. The van der Waals surface area contributed by atoms with Crippen LogP contribution in [0.3, 0.4) is 0 Å². The number of carbonyl (C=O) groups is 2. The van der Waals surface area contributed by atoms with Gasteiger partial charge in [0.2, 0.25) is 5.91 Å². The molecule has 1 aliphatic rings. The van der Waals surface area contributed by atoms with Crippen LogP contribution in [-0.2, 0) is 4.79 Å². The van der Waals surface area contributed by atoms with Crippen molar-refractivity contribution < 1.29 is 14.3 Å². The predicted molar refractivity (Wildman–Crippen MR) is 73.8 cm³/mol. The summed E-state index contributed by atoms with van der Waals surface area (Å²) < 4.78 is 5.70. The summed E-state index contributed by atoms with van der Waals surface area (Å²) in [6.07, 6.45) is 0. The average molecular weight is 268 g/mol. The molecule has 0 bridgehead atoms. The van der Waals surface area contributed by atoms with Crippen LogP contribution in [0.1, 0.15) is 0 Å². The Morgan fingerprint density at radius 1 is 0.950 bits per heavy atom. The number of amides is 3. The quantitative estimate of drug-likeness (QED) is 0.870. The molecule has 1 aliphatic heterocycles. The minimum Gasteiger partial charge on any atom is -0.457 e. The lowest BCUT2D eigenvalue weighted by atomic mass is 10.2. The Morgan fingerprint density at radius 2 is 1.70 bits per heavy atom. The maximum absolute atomic E-state index is 11.6. The molecule has 3 rings (SSSR count). The van der Waals surface area contributed by atoms with Crippen LogP contribution >= 0.6 is 0 Å². The third-order valence-electron chi connectivity index (χ3n) is 2.90. The number of nitrogens with zero attached hydrogens (tertiary/aromatic N) is 1. The number of para-hydroxylation sites is 1. The van der Waals surface area contributed by atoms with Gasteiger partial charge in [-0.25, -0.2) is 4.79 Å². The number of urea groups is 1. The van der Waals surface area contributed by atoms with Crippen LogP contribution in [0.4, 0.5) is 10.5 Å². The molecule has 2 aromatic rings. The Labute approximate surface area is 115 Å². The molecule has 0 aliphatic carbocycles. The van der Waals surface area contributed by atoms with Crippen LogP contribution in [0.5, 0.6) is 11.5 Å². The zero-order valence-corrected chi connectivity index (χ0v) is 10.6. The van der Waals surface area contributed by atoms with E-state index < -0.39 is 6.03 Å². The van der Waals surface area contributed by atoms with Crippen molar-refractivity contribution in [3.05, 3.63) is 54.6 Å². The number of ether oxygens (including phenoxy) is 1. The molecule has 1 fully saturated rings. The topological polar surface area (TPSA) is 58.6 Å². The molecular formula is C15H12N2O3. The van der Waals surface area contributed by atoms with Crippen LogP contribution in [0.25, 0.3) is 0 Å². The number of benzene rings is 2. The van der Waals surface area contributed by atoms with Crippen molar-refractivity contribution in [3.63, 3.8) is 0 Å². The lowest BCUT2D eigenvalue weighted by molar-refractivity contribution is -0.117. The fourth-order valence-corrected chi connectivity index (χ4v) is 1.99. The number of rotatable bonds is 3. The molecule has 0 atom stereocenters. The van der Waals surface area contributed by atoms with Gasteiger partial charge in [0, 0.05) is 11.8 Å². The van der Waals surface area contributed by atoms with E-state index in [0.29, 0.717) is 17.2 Å². The van der Waals surface area contributed by atoms with E-state index in [2.05, 4.69) is 5.32 Å². The molecular weight excluding hydrogens is 256 g/mol. The Balaban J connectivity index is 1.83. The summed E-state index contributed by atoms with van der Waals surface area (Å²) in [7, 11) is 0. The van der Waals surface area contributed by atoms with Gasteiger partial charge in [0.15, 0.2) is 0 Å². The van der Waals surface area contributed by atoms with Crippen LogP contribution in [0.2, 0.25) is 0 Å². The number of hydrogen-bond donors (Lipinski definition) is 1. The van der Waals surface area contributed by atoms with Crippen molar-refractivity contribution in [1.82, 2.24) is 5.32 Å². The van der Waals surface area contributed by atoms with Gasteiger partial charge in [-0.3, -0.25) is 15.0 Å². The summed E-state index contributed by atoms with van der Waals surface area (Å²) in [6, 6.07) is 16.0. The van der Waals surface area contributed by atoms with Crippen LogP contribution in [-0.4, -0.2) is 18.5 Å². The van der Waals surface area contributed by atoms with Crippen molar-refractivity contribution in [2.45, 2.75) is 0 Å². The van der Waals surface area contributed by atoms with Gasteiger partial charge in [-0.1, -0.05) is 24.3 Å². The molecule has 2 aromatic carbocycles. The van der Waals surface area contributed by atoms with Crippen LogP contribution in [0, 0.1) is 0 Å². The lowest BCUT2D eigenvalue weighted by Gasteiger charge is -2.14.